The summed E-state index contributed by atoms with van der Waals surface area (Å²) < 4.78 is 29.2. The summed E-state index contributed by atoms with van der Waals surface area (Å²) >= 11 is 0. The third-order valence-electron chi connectivity index (χ3n) is 15.2. The second kappa shape index (κ2) is 10.7. The van der Waals surface area contributed by atoms with Crippen LogP contribution in [-0.2, 0) is 9.47 Å². The number of carbonyl (C=O) groups is 1. The summed E-state index contributed by atoms with van der Waals surface area (Å²) in [6.45, 7) is 6.54. The summed E-state index contributed by atoms with van der Waals surface area (Å²) in [4.78, 5) is 15.8. The maximum Gasteiger partial charge on any atom is 0.338 e. The topological polar surface area (TPSA) is 188 Å². The number of piperidine rings is 2. The molecule has 3 heterocycles. The lowest BCUT2D eigenvalue weighted by Gasteiger charge is -2.68. The molecule has 0 unspecified atom stereocenters. The second-order valence-corrected chi connectivity index (χ2v) is 17.1. The van der Waals surface area contributed by atoms with Crippen LogP contribution in [-0.4, -0.2) is 128 Å². The number of methoxy groups -OCH3 is 3. The molecule has 7 aliphatic rings. The number of carbonyl (C=O) groups excluding carboxylic acids is 1. The summed E-state index contributed by atoms with van der Waals surface area (Å²) in [6, 6.07) is 2.54. The first-order chi connectivity index (χ1) is 23.4. The Kier molecular flexibility index (Phi) is 7.44. The van der Waals surface area contributed by atoms with E-state index in [1.807, 2.05) is 6.92 Å². The zero-order chi connectivity index (χ0) is 36.0. The molecule has 7 fully saturated rings. The molecule has 278 valence electrons. The summed E-state index contributed by atoms with van der Waals surface area (Å²) in [7, 11) is 4.35. The van der Waals surface area contributed by atoms with Gasteiger partial charge in [-0.15, -0.1) is 0 Å². The highest BCUT2D eigenvalue weighted by Gasteiger charge is 2.88. The number of aliphatic hydroxyl groups excluding tert-OH is 1. The van der Waals surface area contributed by atoms with E-state index in [-0.39, 0.29) is 42.9 Å². The van der Waals surface area contributed by atoms with E-state index in [9.17, 15) is 35.4 Å². The number of hydrogen-bond donors (Lipinski definition) is 6. The Morgan fingerprint density at radius 1 is 0.860 bits per heavy atom. The molecule has 14 atom stereocenters. The van der Waals surface area contributed by atoms with Crippen molar-refractivity contribution in [2.75, 3.05) is 34.4 Å². The quantitative estimate of drug-likeness (QED) is 0.242. The lowest BCUT2D eigenvalue weighted by atomic mass is 9.49. The van der Waals surface area contributed by atoms with Gasteiger partial charge in [-0.25, -0.2) is 4.79 Å². The van der Waals surface area contributed by atoms with E-state index in [0.717, 1.165) is 6.42 Å². The fraction of sp³-hybridized carbons (Fsp3) is 0.811. The van der Waals surface area contributed by atoms with Crippen molar-refractivity contribution in [1.82, 2.24) is 4.90 Å². The van der Waals surface area contributed by atoms with E-state index in [1.54, 1.807) is 6.92 Å². The van der Waals surface area contributed by atoms with Crippen molar-refractivity contribution in [2.45, 2.75) is 124 Å². The number of rotatable bonds is 5. The molecule has 1 spiro atoms. The van der Waals surface area contributed by atoms with E-state index in [2.05, 4.69) is 11.8 Å². The SMILES string of the molecule is COc1cc(C(=O)O[C@H]2CC[C@@]3(C)[C@H]4CC[C@@H]5[C@]6(O)C[C@H](O)[C@@]7(O)[C@@H](CN8C[C@H](C)CC[C@H]8[C@@]7(C)O)[C@@]6(O)C[C@]53O[C@@]24O)cc(OC)c1OC. The molecular weight excluding hydrogens is 650 g/mol. The van der Waals surface area contributed by atoms with Crippen LogP contribution in [0.5, 0.6) is 17.2 Å². The first kappa shape index (κ1) is 34.8. The van der Waals surface area contributed by atoms with Crippen LogP contribution in [0.3, 0.4) is 0 Å². The van der Waals surface area contributed by atoms with Crippen molar-refractivity contribution < 1.29 is 59.1 Å². The number of nitrogens with zero attached hydrogens (tertiary/aromatic N) is 1. The molecule has 3 aliphatic heterocycles. The zero-order valence-corrected chi connectivity index (χ0v) is 29.8. The van der Waals surface area contributed by atoms with Crippen LogP contribution in [0.15, 0.2) is 12.1 Å². The Morgan fingerprint density at radius 3 is 2.16 bits per heavy atom. The van der Waals surface area contributed by atoms with Gasteiger partial charge in [0.15, 0.2) is 17.6 Å². The summed E-state index contributed by atoms with van der Waals surface area (Å²) in [5.41, 5.74) is -9.64. The average molecular weight is 704 g/mol. The summed E-state index contributed by atoms with van der Waals surface area (Å²) in [5, 5.41) is 74.9. The highest BCUT2D eigenvalue weighted by molar-refractivity contribution is 5.91. The van der Waals surface area contributed by atoms with Gasteiger partial charge < -0.3 is 54.3 Å². The van der Waals surface area contributed by atoms with Crippen LogP contribution >= 0.6 is 0 Å². The lowest BCUT2D eigenvalue weighted by Crippen LogP contribution is -2.85. The van der Waals surface area contributed by atoms with E-state index in [1.165, 1.54) is 33.5 Å². The number of aliphatic hydroxyl groups is 6. The van der Waals surface area contributed by atoms with Crippen LogP contribution in [0.2, 0.25) is 0 Å². The van der Waals surface area contributed by atoms with Crippen molar-refractivity contribution >= 4 is 5.97 Å². The van der Waals surface area contributed by atoms with Crippen LogP contribution < -0.4 is 14.2 Å². The molecule has 4 aliphatic carbocycles. The summed E-state index contributed by atoms with van der Waals surface area (Å²) in [5.74, 6) is -3.76. The molecule has 0 radical (unpaired) electrons. The molecule has 4 saturated carbocycles. The predicted molar refractivity (Wildman–Crippen MR) is 176 cm³/mol. The molecule has 6 N–H and O–H groups in total. The van der Waals surface area contributed by atoms with Gasteiger partial charge in [-0.2, -0.15) is 0 Å². The number of esters is 1. The van der Waals surface area contributed by atoms with Crippen molar-refractivity contribution in [3.63, 3.8) is 0 Å². The molecular formula is C37H53NO12. The van der Waals surface area contributed by atoms with Gasteiger partial charge in [0.2, 0.25) is 11.5 Å². The van der Waals surface area contributed by atoms with Gasteiger partial charge in [-0.1, -0.05) is 13.8 Å². The number of hydrogen-bond acceptors (Lipinski definition) is 13. The van der Waals surface area contributed by atoms with Crippen molar-refractivity contribution in [3.05, 3.63) is 17.7 Å². The van der Waals surface area contributed by atoms with Crippen LogP contribution in [0.4, 0.5) is 0 Å². The van der Waals surface area contributed by atoms with E-state index < -0.39 is 81.2 Å². The minimum Gasteiger partial charge on any atom is -0.493 e. The molecule has 8 rings (SSSR count). The Balaban J connectivity index is 1.16. The van der Waals surface area contributed by atoms with Gasteiger partial charge in [-0.05, 0) is 63.5 Å². The lowest BCUT2D eigenvalue weighted by molar-refractivity contribution is -0.354. The number of ether oxygens (including phenoxy) is 5. The first-order valence-corrected chi connectivity index (χ1v) is 18.2. The maximum absolute atomic E-state index is 13.7. The Bertz CT molecular complexity index is 1560. The second-order valence-electron chi connectivity index (χ2n) is 17.1. The molecule has 1 aromatic carbocycles. The largest absolute Gasteiger partial charge is 0.493 e. The molecule has 0 amide bonds. The normalized spacial score (nSPS) is 51.9. The van der Waals surface area contributed by atoms with E-state index >= 15 is 0 Å². The van der Waals surface area contributed by atoms with Crippen LogP contribution in [0.1, 0.15) is 82.5 Å². The van der Waals surface area contributed by atoms with Gasteiger partial charge in [0, 0.05) is 55.1 Å². The monoisotopic (exact) mass is 703 g/mol. The third-order valence-corrected chi connectivity index (χ3v) is 15.2. The molecule has 13 heteroatoms. The van der Waals surface area contributed by atoms with Gasteiger partial charge >= 0.3 is 5.97 Å². The van der Waals surface area contributed by atoms with Gasteiger partial charge in [-0.3, -0.25) is 4.90 Å². The van der Waals surface area contributed by atoms with Gasteiger partial charge in [0.05, 0.1) is 38.6 Å². The molecule has 1 aromatic rings. The molecule has 50 heavy (non-hydrogen) atoms. The van der Waals surface area contributed by atoms with E-state index in [4.69, 9.17) is 23.7 Å². The van der Waals surface area contributed by atoms with Crippen molar-refractivity contribution in [2.24, 2.45) is 29.1 Å². The van der Waals surface area contributed by atoms with E-state index in [0.29, 0.717) is 43.9 Å². The van der Waals surface area contributed by atoms with Crippen LogP contribution in [0, 0.1) is 29.1 Å². The number of benzene rings is 1. The smallest absolute Gasteiger partial charge is 0.338 e. The van der Waals surface area contributed by atoms with Crippen molar-refractivity contribution in [3.8, 4) is 17.2 Å². The minimum absolute atomic E-state index is 0.117. The molecule has 4 bridgehead atoms. The van der Waals surface area contributed by atoms with Gasteiger partial charge in [0.25, 0.3) is 0 Å². The standard InChI is InChI=1S/C37H53NO12/c1-19-7-10-26-32(3,41)36(44)25(17-38(26)16-19)34(43)18-35-24(33(34,42)15-27(36)39)9-8-23-31(35,2)12-11-28(37(23,45)50-35)49-30(40)20-13-21(46-4)29(48-6)22(14-20)47-5/h13-14,19,23-28,39,41-45H,7-12,15-18H2,1-6H3/t19-,23-,24-,25+,26+,27+,28+,31+,32-,33-,34+,35+,36+,37-/m1/s1. The minimum atomic E-state index is -2.11. The fourth-order valence-corrected chi connectivity index (χ4v) is 12.8. The third kappa shape index (κ3) is 3.88. The highest BCUT2D eigenvalue weighted by Crippen LogP contribution is 2.78. The van der Waals surface area contributed by atoms with Crippen LogP contribution in [0.25, 0.3) is 0 Å². The number of fused-ring (bicyclic) bond motifs is 5. The molecule has 3 saturated heterocycles. The van der Waals surface area contributed by atoms with Crippen molar-refractivity contribution in [1.29, 1.82) is 0 Å². The highest BCUT2D eigenvalue weighted by atomic mass is 16.7. The molecule has 0 aromatic heterocycles. The maximum atomic E-state index is 13.7. The first-order valence-electron chi connectivity index (χ1n) is 18.2. The predicted octanol–water partition coefficient (Wildman–Crippen LogP) is 1.36. The Hall–Kier alpha value is -2.23. The Morgan fingerprint density at radius 2 is 1.52 bits per heavy atom. The van der Waals surface area contributed by atoms with Gasteiger partial charge in [0.1, 0.15) is 22.4 Å². The fourth-order valence-electron chi connectivity index (χ4n) is 12.8. The summed E-state index contributed by atoms with van der Waals surface area (Å²) in [6.07, 6.45) is -0.0196. The zero-order valence-electron chi connectivity index (χ0n) is 29.8. The average Bonchev–Trinajstić information content (AvgIpc) is 3.24. The Labute approximate surface area is 292 Å². The molecule has 13 nitrogen and oxygen atoms in total.